The van der Waals surface area contributed by atoms with Gasteiger partial charge in [0.15, 0.2) is 0 Å². The molecule has 0 saturated carbocycles. The molecule has 0 aliphatic heterocycles. The Kier molecular flexibility index (Phi) is 3.67. The molecule has 4 heteroatoms. The minimum Gasteiger partial charge on any atom is -0.543 e. The number of benzene rings is 1. The van der Waals surface area contributed by atoms with Crippen molar-refractivity contribution < 1.29 is 4.43 Å². The number of hydrogen-bond acceptors (Lipinski definition) is 1. The van der Waals surface area contributed by atoms with E-state index in [2.05, 4.69) is 35.6 Å². The second kappa shape index (κ2) is 4.25. The zero-order valence-corrected chi connectivity index (χ0v) is 12.2. The lowest BCUT2D eigenvalue weighted by Crippen LogP contribution is -2.29. The summed E-state index contributed by atoms with van der Waals surface area (Å²) in [5, 5.41) is 0.680. The molecule has 0 amide bonds. The minimum absolute atomic E-state index is 0.680. The van der Waals surface area contributed by atoms with Crippen LogP contribution in [-0.4, -0.2) is 8.32 Å². The minimum atomic E-state index is -1.59. The van der Waals surface area contributed by atoms with Gasteiger partial charge in [-0.25, -0.2) is 0 Å². The van der Waals surface area contributed by atoms with Crippen LogP contribution in [-0.2, 0) is 0 Å². The van der Waals surface area contributed by atoms with Crippen molar-refractivity contribution in [2.24, 2.45) is 0 Å². The standard InChI is InChI=1S/C10H14BrClOSi/c1-7-5-8(11)10(9(12)6-7)13-14(2,3)4/h5-6H,1-4H3. The lowest BCUT2D eigenvalue weighted by Gasteiger charge is -2.21. The van der Waals surface area contributed by atoms with Crippen LogP contribution >= 0.6 is 27.5 Å². The fourth-order valence-electron chi connectivity index (χ4n) is 1.09. The molecule has 0 aliphatic carbocycles. The van der Waals surface area contributed by atoms with Crippen LogP contribution in [0.1, 0.15) is 5.56 Å². The predicted octanol–water partition coefficient (Wildman–Crippen LogP) is 4.62. The molecule has 0 atom stereocenters. The lowest BCUT2D eigenvalue weighted by atomic mass is 10.2. The summed E-state index contributed by atoms with van der Waals surface area (Å²) >= 11 is 9.57. The number of halogens is 2. The van der Waals surface area contributed by atoms with Crippen molar-refractivity contribution in [2.45, 2.75) is 26.6 Å². The van der Waals surface area contributed by atoms with Crippen LogP contribution in [0, 0.1) is 6.92 Å². The van der Waals surface area contributed by atoms with Gasteiger partial charge < -0.3 is 4.43 Å². The van der Waals surface area contributed by atoms with Crippen LogP contribution in [0.4, 0.5) is 0 Å². The first-order valence-corrected chi connectivity index (χ1v) is 9.02. The summed E-state index contributed by atoms with van der Waals surface area (Å²) in [7, 11) is -1.59. The molecule has 1 aromatic carbocycles. The van der Waals surface area contributed by atoms with Gasteiger partial charge >= 0.3 is 0 Å². The zero-order chi connectivity index (χ0) is 10.9. The van der Waals surface area contributed by atoms with Crippen LogP contribution in [0.3, 0.4) is 0 Å². The van der Waals surface area contributed by atoms with E-state index in [1.165, 1.54) is 0 Å². The van der Waals surface area contributed by atoms with E-state index < -0.39 is 8.32 Å². The van der Waals surface area contributed by atoms with Gasteiger partial charge in [-0.15, -0.1) is 0 Å². The first-order valence-electron chi connectivity index (χ1n) is 4.44. The summed E-state index contributed by atoms with van der Waals surface area (Å²) in [6, 6.07) is 3.93. The molecule has 0 saturated heterocycles. The van der Waals surface area contributed by atoms with Crippen molar-refractivity contribution in [3.63, 3.8) is 0 Å². The quantitative estimate of drug-likeness (QED) is 0.723. The lowest BCUT2D eigenvalue weighted by molar-refractivity contribution is 0.554. The summed E-state index contributed by atoms with van der Waals surface area (Å²) in [4.78, 5) is 0. The highest BCUT2D eigenvalue weighted by atomic mass is 79.9. The fourth-order valence-corrected chi connectivity index (χ4v) is 3.22. The van der Waals surface area contributed by atoms with Gasteiger partial charge in [-0.3, -0.25) is 0 Å². The van der Waals surface area contributed by atoms with Gasteiger partial charge in [0.1, 0.15) is 5.75 Å². The number of hydrogen-bond donors (Lipinski definition) is 0. The van der Waals surface area contributed by atoms with Crippen molar-refractivity contribution in [2.75, 3.05) is 0 Å². The van der Waals surface area contributed by atoms with E-state index in [4.69, 9.17) is 16.0 Å². The van der Waals surface area contributed by atoms with Crippen LogP contribution in [0.25, 0.3) is 0 Å². The Hall–Kier alpha value is 0.00688. The highest BCUT2D eigenvalue weighted by Gasteiger charge is 2.19. The monoisotopic (exact) mass is 292 g/mol. The highest BCUT2D eigenvalue weighted by Crippen LogP contribution is 2.35. The second-order valence-corrected chi connectivity index (χ2v) is 9.96. The van der Waals surface area contributed by atoms with E-state index in [9.17, 15) is 0 Å². The van der Waals surface area contributed by atoms with Crippen LogP contribution in [0.5, 0.6) is 5.75 Å². The molecule has 1 nitrogen and oxygen atoms in total. The molecular formula is C10H14BrClOSi. The number of aryl methyl sites for hydroxylation is 1. The molecule has 0 bridgehead atoms. The van der Waals surface area contributed by atoms with E-state index in [0.29, 0.717) is 5.02 Å². The largest absolute Gasteiger partial charge is 0.543 e. The molecule has 0 heterocycles. The van der Waals surface area contributed by atoms with E-state index in [-0.39, 0.29) is 0 Å². The highest BCUT2D eigenvalue weighted by molar-refractivity contribution is 9.10. The smallest absolute Gasteiger partial charge is 0.242 e. The van der Waals surface area contributed by atoms with Gasteiger partial charge in [0.2, 0.25) is 8.32 Å². The molecule has 0 spiro atoms. The summed E-state index contributed by atoms with van der Waals surface area (Å²) in [6.45, 7) is 8.41. The molecule has 1 aromatic rings. The second-order valence-electron chi connectivity index (χ2n) is 4.27. The van der Waals surface area contributed by atoms with Crippen LogP contribution < -0.4 is 4.43 Å². The summed E-state index contributed by atoms with van der Waals surface area (Å²) in [5.41, 5.74) is 1.13. The van der Waals surface area contributed by atoms with Crippen molar-refractivity contribution in [3.8, 4) is 5.75 Å². The molecule has 0 aliphatic rings. The van der Waals surface area contributed by atoms with Gasteiger partial charge in [-0.05, 0) is 60.2 Å². The van der Waals surface area contributed by atoms with Crippen molar-refractivity contribution >= 4 is 35.8 Å². The molecule has 0 radical (unpaired) electrons. The zero-order valence-electron chi connectivity index (χ0n) is 8.82. The first-order chi connectivity index (χ1) is 6.29. The Balaban J connectivity index is 3.09. The predicted molar refractivity (Wildman–Crippen MR) is 67.9 cm³/mol. The molecule has 0 N–H and O–H groups in total. The van der Waals surface area contributed by atoms with Gasteiger partial charge in [0.05, 0.1) is 9.50 Å². The van der Waals surface area contributed by atoms with Crippen LogP contribution in [0.2, 0.25) is 24.7 Å². The Morgan fingerprint density at radius 3 is 2.29 bits per heavy atom. The first kappa shape index (κ1) is 12.1. The van der Waals surface area contributed by atoms with Crippen molar-refractivity contribution in [1.29, 1.82) is 0 Å². The maximum Gasteiger partial charge on any atom is 0.242 e. The van der Waals surface area contributed by atoms with Gasteiger partial charge in [0.25, 0.3) is 0 Å². The summed E-state index contributed by atoms with van der Waals surface area (Å²) in [5.74, 6) is 0.774. The maximum absolute atomic E-state index is 6.11. The molecule has 78 valence electrons. The Morgan fingerprint density at radius 1 is 1.29 bits per heavy atom. The molecule has 1 rings (SSSR count). The molecule has 0 unspecified atom stereocenters. The van der Waals surface area contributed by atoms with Gasteiger partial charge in [-0.1, -0.05) is 11.6 Å². The topological polar surface area (TPSA) is 9.23 Å². The van der Waals surface area contributed by atoms with Gasteiger partial charge in [0, 0.05) is 0 Å². The van der Waals surface area contributed by atoms with E-state index in [1.807, 2.05) is 19.1 Å². The van der Waals surface area contributed by atoms with E-state index in [0.717, 1.165) is 15.8 Å². The van der Waals surface area contributed by atoms with E-state index >= 15 is 0 Å². The summed E-state index contributed by atoms with van der Waals surface area (Å²) in [6.07, 6.45) is 0. The number of rotatable bonds is 2. The average Bonchev–Trinajstić information content (AvgIpc) is 1.95. The Morgan fingerprint density at radius 2 is 1.86 bits per heavy atom. The van der Waals surface area contributed by atoms with Crippen molar-refractivity contribution in [3.05, 3.63) is 27.2 Å². The molecule has 14 heavy (non-hydrogen) atoms. The van der Waals surface area contributed by atoms with Gasteiger partial charge in [-0.2, -0.15) is 0 Å². The average molecular weight is 294 g/mol. The normalized spacial score (nSPS) is 11.6. The Labute approximate surface area is 99.7 Å². The van der Waals surface area contributed by atoms with Crippen LogP contribution in [0.15, 0.2) is 16.6 Å². The summed E-state index contributed by atoms with van der Waals surface area (Å²) < 4.78 is 6.81. The Bertz CT molecular complexity index is 323. The van der Waals surface area contributed by atoms with E-state index in [1.54, 1.807) is 0 Å². The maximum atomic E-state index is 6.11. The molecule has 0 fully saturated rings. The molecule has 0 aromatic heterocycles. The molecular weight excluding hydrogens is 280 g/mol. The third kappa shape index (κ3) is 3.30. The van der Waals surface area contributed by atoms with Crippen molar-refractivity contribution in [1.82, 2.24) is 0 Å². The SMILES string of the molecule is Cc1cc(Cl)c(O[Si](C)(C)C)c(Br)c1. The third-order valence-corrected chi connectivity index (χ3v) is 3.24. The fraction of sp³-hybridized carbons (Fsp3) is 0.400. The third-order valence-electron chi connectivity index (χ3n) is 1.55.